The zero-order chi connectivity index (χ0) is 21.5. The fourth-order valence-corrected chi connectivity index (χ4v) is 2.40. The van der Waals surface area contributed by atoms with Crippen LogP contribution in [0.3, 0.4) is 0 Å². The Morgan fingerprint density at radius 3 is 1.17 bits per heavy atom. The van der Waals surface area contributed by atoms with Gasteiger partial charge in [-0.1, -0.05) is 24.3 Å². The van der Waals surface area contributed by atoms with Gasteiger partial charge >= 0.3 is 32.7 Å². The average Bonchev–Trinajstić information content (AvgIpc) is 2.53. The first-order valence-electron chi connectivity index (χ1n) is 6.78. The number of para-hydroxylation sites is 2. The molecule has 0 bridgehead atoms. The SMILES string of the molecule is O=C(O)c1ccccc1OS(=O)(=O)O.O=C(O)c1ccccc1OS(=O)(=O)O.[Ni]. The molecule has 29 heavy (non-hydrogen) atoms. The van der Waals surface area contributed by atoms with Crippen molar-refractivity contribution in [1.82, 2.24) is 0 Å². The van der Waals surface area contributed by atoms with E-state index >= 15 is 0 Å². The fourth-order valence-electron chi connectivity index (χ4n) is 1.66. The summed E-state index contributed by atoms with van der Waals surface area (Å²) in [6.45, 7) is 0. The Hall–Kier alpha value is -2.71. The number of carboxylic acids is 2. The molecule has 0 aliphatic carbocycles. The van der Waals surface area contributed by atoms with Crippen LogP contribution >= 0.6 is 0 Å². The second-order valence-electron chi connectivity index (χ2n) is 4.62. The Morgan fingerprint density at radius 1 is 0.655 bits per heavy atom. The maximum atomic E-state index is 10.6. The molecule has 0 fully saturated rings. The summed E-state index contributed by atoms with van der Waals surface area (Å²) in [7, 11) is -9.39. The molecule has 0 spiro atoms. The molecule has 0 saturated carbocycles. The third-order valence-corrected chi connectivity index (χ3v) is 3.41. The van der Waals surface area contributed by atoms with Crippen molar-refractivity contribution in [2.45, 2.75) is 0 Å². The van der Waals surface area contributed by atoms with Gasteiger partial charge in [0.25, 0.3) is 0 Å². The molecular formula is C14H12NiO12S2. The molecule has 0 saturated heterocycles. The van der Waals surface area contributed by atoms with Crippen LogP contribution in [0.15, 0.2) is 48.5 Å². The molecule has 2 rings (SSSR count). The number of benzene rings is 2. The summed E-state index contributed by atoms with van der Waals surface area (Å²) < 4.78 is 66.0. The van der Waals surface area contributed by atoms with Crippen LogP contribution in [0.1, 0.15) is 20.7 Å². The first-order chi connectivity index (χ1) is 12.8. The number of hydrogen-bond donors (Lipinski definition) is 4. The van der Waals surface area contributed by atoms with Gasteiger partial charge in [0.2, 0.25) is 0 Å². The van der Waals surface area contributed by atoms with Crippen molar-refractivity contribution >= 4 is 32.7 Å². The summed E-state index contributed by atoms with van der Waals surface area (Å²) in [5.74, 6) is -3.54. The van der Waals surface area contributed by atoms with Gasteiger partial charge in [0.1, 0.15) is 11.1 Å². The monoisotopic (exact) mass is 494 g/mol. The van der Waals surface area contributed by atoms with E-state index in [1.165, 1.54) is 24.3 Å². The zero-order valence-corrected chi connectivity index (χ0v) is 16.4. The van der Waals surface area contributed by atoms with E-state index in [9.17, 15) is 26.4 Å². The van der Waals surface area contributed by atoms with Gasteiger partial charge in [0.15, 0.2) is 11.5 Å². The molecule has 0 aliphatic heterocycles. The summed E-state index contributed by atoms with van der Waals surface area (Å²) in [6.07, 6.45) is 0. The van der Waals surface area contributed by atoms with Crippen molar-refractivity contribution in [2.24, 2.45) is 0 Å². The van der Waals surface area contributed by atoms with Crippen LogP contribution in [0.25, 0.3) is 0 Å². The van der Waals surface area contributed by atoms with Gasteiger partial charge in [-0.2, -0.15) is 16.8 Å². The Labute approximate surface area is 174 Å². The first kappa shape index (κ1) is 26.3. The van der Waals surface area contributed by atoms with Gasteiger partial charge in [-0.25, -0.2) is 9.59 Å². The molecule has 162 valence electrons. The zero-order valence-electron chi connectivity index (χ0n) is 13.8. The van der Waals surface area contributed by atoms with Crippen molar-refractivity contribution in [3.63, 3.8) is 0 Å². The number of carbonyl (C=O) groups is 2. The molecule has 12 nitrogen and oxygen atoms in total. The van der Waals surface area contributed by atoms with Crippen LogP contribution in [0.2, 0.25) is 0 Å². The summed E-state index contributed by atoms with van der Waals surface area (Å²) >= 11 is 0. The molecule has 0 atom stereocenters. The number of carboxylic acid groups (broad SMARTS) is 2. The van der Waals surface area contributed by atoms with Gasteiger partial charge in [-0.05, 0) is 24.3 Å². The molecular weight excluding hydrogens is 483 g/mol. The van der Waals surface area contributed by atoms with Crippen LogP contribution in [0.4, 0.5) is 0 Å². The van der Waals surface area contributed by atoms with Crippen molar-refractivity contribution in [3.05, 3.63) is 59.7 Å². The van der Waals surface area contributed by atoms with Crippen LogP contribution in [-0.2, 0) is 37.3 Å². The topological polar surface area (TPSA) is 202 Å². The Balaban J connectivity index is 0.000000523. The van der Waals surface area contributed by atoms with Gasteiger partial charge in [0.05, 0.1) is 0 Å². The minimum atomic E-state index is -4.70. The fraction of sp³-hybridized carbons (Fsp3) is 0. The Morgan fingerprint density at radius 2 is 0.931 bits per heavy atom. The van der Waals surface area contributed by atoms with Crippen molar-refractivity contribution < 1.29 is 70.6 Å². The predicted molar refractivity (Wildman–Crippen MR) is 91.2 cm³/mol. The smallest absolute Gasteiger partial charge is 0.446 e. The van der Waals surface area contributed by atoms with E-state index in [1.807, 2.05) is 0 Å². The molecule has 2 aromatic rings. The molecule has 4 N–H and O–H groups in total. The first-order valence-corrected chi connectivity index (χ1v) is 9.51. The third kappa shape index (κ3) is 9.87. The van der Waals surface area contributed by atoms with Gasteiger partial charge < -0.3 is 18.6 Å². The molecule has 0 unspecified atom stereocenters. The van der Waals surface area contributed by atoms with Crippen molar-refractivity contribution in [2.75, 3.05) is 0 Å². The normalized spacial score (nSPS) is 10.6. The van der Waals surface area contributed by atoms with Gasteiger partial charge in [-0.3, -0.25) is 9.11 Å². The molecule has 0 amide bonds. The summed E-state index contributed by atoms with van der Waals surface area (Å²) in [5.41, 5.74) is -0.685. The van der Waals surface area contributed by atoms with E-state index < -0.39 is 44.2 Å². The number of aromatic carboxylic acids is 2. The summed E-state index contributed by atoms with van der Waals surface area (Å²) in [6, 6.07) is 10.1. The third-order valence-electron chi connectivity index (χ3n) is 2.63. The van der Waals surface area contributed by atoms with E-state index in [-0.39, 0.29) is 27.6 Å². The van der Waals surface area contributed by atoms with Crippen LogP contribution in [0, 0.1) is 0 Å². The molecule has 0 radical (unpaired) electrons. The van der Waals surface area contributed by atoms with E-state index in [2.05, 4.69) is 8.37 Å². The van der Waals surface area contributed by atoms with E-state index in [4.69, 9.17) is 19.3 Å². The van der Waals surface area contributed by atoms with Crippen molar-refractivity contribution in [3.8, 4) is 11.5 Å². The summed E-state index contributed by atoms with van der Waals surface area (Å²) in [5, 5.41) is 17.2. The maximum absolute atomic E-state index is 10.6. The number of hydrogen-bond acceptors (Lipinski definition) is 8. The second-order valence-corrected chi connectivity index (χ2v) is 6.67. The Bertz CT molecular complexity index is 992. The maximum Gasteiger partial charge on any atom is 0.446 e. The minimum Gasteiger partial charge on any atom is -0.478 e. The predicted octanol–water partition coefficient (Wildman–Crippen LogP) is 1.13. The Kier molecular flexibility index (Phi) is 9.73. The van der Waals surface area contributed by atoms with Gasteiger partial charge in [-0.15, -0.1) is 0 Å². The second kappa shape index (κ2) is 10.7. The average molecular weight is 495 g/mol. The van der Waals surface area contributed by atoms with Crippen molar-refractivity contribution in [1.29, 1.82) is 0 Å². The van der Waals surface area contributed by atoms with Gasteiger partial charge in [0, 0.05) is 16.5 Å². The number of rotatable bonds is 6. The molecule has 2 aromatic carbocycles. The van der Waals surface area contributed by atoms with Crippen LogP contribution < -0.4 is 8.37 Å². The standard InChI is InChI=1S/2C7H6O6S.Ni/c2*8-7(9)5-3-1-2-4-6(5)13-14(10,11)12;/h2*1-4H,(H,8,9)(H,10,11,12);. The quantitative estimate of drug-likeness (QED) is 0.329. The minimum absolute atomic E-state index is 0. The van der Waals surface area contributed by atoms with Crippen LogP contribution in [0.5, 0.6) is 11.5 Å². The van der Waals surface area contributed by atoms with Crippen LogP contribution in [-0.4, -0.2) is 48.1 Å². The molecule has 15 heteroatoms. The van der Waals surface area contributed by atoms with E-state index in [1.54, 1.807) is 0 Å². The molecule has 0 heterocycles. The largest absolute Gasteiger partial charge is 0.478 e. The van der Waals surface area contributed by atoms with E-state index in [0.29, 0.717) is 0 Å². The molecule has 0 aliphatic rings. The summed E-state index contributed by atoms with van der Waals surface area (Å²) in [4.78, 5) is 21.1. The van der Waals surface area contributed by atoms with E-state index in [0.717, 1.165) is 24.3 Å². The molecule has 0 aromatic heterocycles.